The van der Waals surface area contributed by atoms with Gasteiger partial charge in [-0.05, 0) is 31.7 Å². The smallest absolute Gasteiger partial charge is 0.217 e. The van der Waals surface area contributed by atoms with Crippen LogP contribution in [0, 0.1) is 0 Å². The first-order chi connectivity index (χ1) is 8.29. The van der Waals surface area contributed by atoms with Crippen LogP contribution < -0.4 is 15.8 Å². The molecule has 0 atom stereocenters. The molecule has 0 spiro atoms. The summed E-state index contributed by atoms with van der Waals surface area (Å²) in [5.74, 6) is 0.715. The van der Waals surface area contributed by atoms with Gasteiger partial charge in [-0.3, -0.25) is 0 Å². The topological polar surface area (TPSA) is 60.2 Å². The summed E-state index contributed by atoms with van der Waals surface area (Å²) in [5.41, 5.74) is 7.01. The Bertz CT molecular complexity index is 348. The molecular formula is C13H21N3O. The lowest BCUT2D eigenvalue weighted by Gasteiger charge is -2.27. The average molecular weight is 235 g/mol. The Morgan fingerprint density at radius 3 is 2.88 bits per heavy atom. The summed E-state index contributed by atoms with van der Waals surface area (Å²) in [6.07, 6.45) is 6.35. The minimum Gasteiger partial charge on any atom is -0.481 e. The average Bonchev–Trinajstić information content (AvgIpc) is 2.38. The molecule has 1 saturated carbocycles. The third-order valence-corrected chi connectivity index (χ3v) is 3.40. The van der Waals surface area contributed by atoms with Gasteiger partial charge >= 0.3 is 0 Å². The number of ether oxygens (including phenoxy) is 1. The number of nitrogens with two attached hydrogens (primary N) is 1. The van der Waals surface area contributed by atoms with E-state index in [1.807, 2.05) is 12.1 Å². The quantitative estimate of drug-likeness (QED) is 0.829. The number of nitrogens with one attached hydrogen (secondary N) is 1. The highest BCUT2D eigenvalue weighted by atomic mass is 16.5. The van der Waals surface area contributed by atoms with E-state index in [-0.39, 0.29) is 0 Å². The molecule has 17 heavy (non-hydrogen) atoms. The fourth-order valence-electron chi connectivity index (χ4n) is 2.32. The van der Waals surface area contributed by atoms with Crippen molar-refractivity contribution in [3.05, 3.63) is 23.9 Å². The first-order valence-corrected chi connectivity index (χ1v) is 6.26. The fraction of sp³-hybridized carbons (Fsp3) is 0.615. The van der Waals surface area contributed by atoms with Crippen LogP contribution in [0.15, 0.2) is 18.3 Å². The van der Waals surface area contributed by atoms with Gasteiger partial charge < -0.3 is 15.8 Å². The second-order valence-electron chi connectivity index (χ2n) is 4.66. The van der Waals surface area contributed by atoms with Crippen LogP contribution in [0.3, 0.4) is 0 Å². The van der Waals surface area contributed by atoms with Crippen LogP contribution in [-0.2, 0) is 6.54 Å². The number of rotatable bonds is 4. The van der Waals surface area contributed by atoms with Gasteiger partial charge in [0, 0.05) is 30.4 Å². The molecule has 1 aliphatic rings. The Balaban J connectivity index is 1.85. The van der Waals surface area contributed by atoms with Gasteiger partial charge in [0.25, 0.3) is 0 Å². The summed E-state index contributed by atoms with van der Waals surface area (Å²) < 4.78 is 5.23. The molecule has 1 fully saturated rings. The summed E-state index contributed by atoms with van der Waals surface area (Å²) in [4.78, 5) is 4.19. The Labute approximate surface area is 103 Å². The third-order valence-electron chi connectivity index (χ3n) is 3.40. The molecule has 0 aliphatic heterocycles. The fourth-order valence-corrected chi connectivity index (χ4v) is 2.32. The normalized spacial score (nSPS) is 24.6. The van der Waals surface area contributed by atoms with E-state index in [0.717, 1.165) is 24.9 Å². The van der Waals surface area contributed by atoms with Gasteiger partial charge in [-0.15, -0.1) is 0 Å². The second kappa shape index (κ2) is 5.98. The molecule has 0 radical (unpaired) electrons. The van der Waals surface area contributed by atoms with Crippen LogP contribution in [0.25, 0.3) is 0 Å². The second-order valence-corrected chi connectivity index (χ2v) is 4.66. The lowest BCUT2D eigenvalue weighted by Crippen LogP contribution is -2.37. The predicted molar refractivity (Wildman–Crippen MR) is 67.9 cm³/mol. The van der Waals surface area contributed by atoms with Gasteiger partial charge in [0.05, 0.1) is 7.11 Å². The van der Waals surface area contributed by atoms with Crippen molar-refractivity contribution < 1.29 is 4.74 Å². The zero-order chi connectivity index (χ0) is 12.1. The van der Waals surface area contributed by atoms with E-state index in [0.29, 0.717) is 18.0 Å². The van der Waals surface area contributed by atoms with E-state index in [2.05, 4.69) is 10.3 Å². The Kier molecular flexibility index (Phi) is 4.34. The summed E-state index contributed by atoms with van der Waals surface area (Å²) >= 11 is 0. The van der Waals surface area contributed by atoms with E-state index < -0.39 is 0 Å². The van der Waals surface area contributed by atoms with Crippen molar-refractivity contribution in [1.29, 1.82) is 0 Å². The van der Waals surface area contributed by atoms with Crippen LogP contribution in [-0.4, -0.2) is 24.2 Å². The molecule has 4 heteroatoms. The highest BCUT2D eigenvalue weighted by Crippen LogP contribution is 2.19. The van der Waals surface area contributed by atoms with Crippen LogP contribution in [0.1, 0.15) is 31.2 Å². The van der Waals surface area contributed by atoms with Gasteiger partial charge in [0.15, 0.2) is 0 Å². The van der Waals surface area contributed by atoms with E-state index in [1.165, 1.54) is 12.8 Å². The maximum absolute atomic E-state index is 5.89. The zero-order valence-electron chi connectivity index (χ0n) is 10.4. The number of aromatic nitrogens is 1. The molecule has 2 rings (SSSR count). The monoisotopic (exact) mass is 235 g/mol. The Morgan fingerprint density at radius 1 is 1.41 bits per heavy atom. The van der Waals surface area contributed by atoms with Crippen LogP contribution >= 0.6 is 0 Å². The maximum atomic E-state index is 5.89. The summed E-state index contributed by atoms with van der Waals surface area (Å²) in [6, 6.07) is 4.98. The van der Waals surface area contributed by atoms with Crippen molar-refractivity contribution in [2.24, 2.45) is 5.73 Å². The van der Waals surface area contributed by atoms with Gasteiger partial charge in [-0.25, -0.2) is 4.98 Å². The highest BCUT2D eigenvalue weighted by molar-refractivity contribution is 5.25. The van der Waals surface area contributed by atoms with E-state index in [9.17, 15) is 0 Å². The molecule has 0 unspecified atom stereocenters. The first-order valence-electron chi connectivity index (χ1n) is 6.26. The van der Waals surface area contributed by atoms with E-state index in [4.69, 9.17) is 10.5 Å². The van der Waals surface area contributed by atoms with Crippen LogP contribution in [0.2, 0.25) is 0 Å². The number of methoxy groups -OCH3 is 1. The van der Waals surface area contributed by atoms with Gasteiger partial charge in [-0.1, -0.05) is 6.07 Å². The lowest BCUT2D eigenvalue weighted by molar-refractivity contribution is 0.337. The van der Waals surface area contributed by atoms with Crippen molar-refractivity contribution in [3.8, 4) is 5.88 Å². The standard InChI is InChI=1S/C13H21N3O/c1-17-13-10(3-2-8-15-13)9-16-12-6-4-11(14)5-7-12/h2-3,8,11-12,16H,4-7,9,14H2,1H3. The van der Waals surface area contributed by atoms with Crippen molar-refractivity contribution in [2.75, 3.05) is 7.11 Å². The largest absolute Gasteiger partial charge is 0.481 e. The maximum Gasteiger partial charge on any atom is 0.217 e. The molecule has 3 N–H and O–H groups in total. The number of nitrogens with zero attached hydrogens (tertiary/aromatic N) is 1. The number of pyridine rings is 1. The van der Waals surface area contributed by atoms with Crippen LogP contribution in [0.5, 0.6) is 5.88 Å². The summed E-state index contributed by atoms with van der Waals surface area (Å²) in [7, 11) is 1.66. The molecule has 1 aliphatic carbocycles. The molecule has 0 bridgehead atoms. The molecule has 1 aromatic heterocycles. The van der Waals surface area contributed by atoms with Crippen molar-refractivity contribution in [3.63, 3.8) is 0 Å². The predicted octanol–water partition coefficient (Wildman–Crippen LogP) is 1.45. The Hall–Kier alpha value is -1.13. The summed E-state index contributed by atoms with van der Waals surface area (Å²) in [5, 5.41) is 3.56. The molecule has 1 heterocycles. The minimum absolute atomic E-state index is 0.404. The molecule has 4 nitrogen and oxygen atoms in total. The molecule has 1 aromatic rings. The first kappa shape index (κ1) is 12.3. The highest BCUT2D eigenvalue weighted by Gasteiger charge is 2.18. The van der Waals surface area contributed by atoms with Gasteiger partial charge in [0.2, 0.25) is 5.88 Å². The molecule has 0 aromatic carbocycles. The zero-order valence-corrected chi connectivity index (χ0v) is 10.4. The lowest BCUT2D eigenvalue weighted by atomic mass is 9.92. The molecule has 0 amide bonds. The summed E-state index contributed by atoms with van der Waals surface area (Å²) in [6.45, 7) is 0.816. The molecule has 0 saturated heterocycles. The van der Waals surface area contributed by atoms with Crippen molar-refractivity contribution in [1.82, 2.24) is 10.3 Å². The SMILES string of the molecule is COc1ncccc1CNC1CCC(N)CC1. The van der Waals surface area contributed by atoms with Crippen molar-refractivity contribution >= 4 is 0 Å². The molecule has 94 valence electrons. The Morgan fingerprint density at radius 2 is 2.18 bits per heavy atom. The van der Waals surface area contributed by atoms with Gasteiger partial charge in [0.1, 0.15) is 0 Å². The minimum atomic E-state index is 0.404. The van der Waals surface area contributed by atoms with Gasteiger partial charge in [-0.2, -0.15) is 0 Å². The van der Waals surface area contributed by atoms with Crippen molar-refractivity contribution in [2.45, 2.75) is 44.3 Å². The van der Waals surface area contributed by atoms with E-state index >= 15 is 0 Å². The number of hydrogen-bond donors (Lipinski definition) is 2. The van der Waals surface area contributed by atoms with E-state index in [1.54, 1.807) is 13.3 Å². The third kappa shape index (κ3) is 3.41. The van der Waals surface area contributed by atoms with Crippen LogP contribution in [0.4, 0.5) is 0 Å². The number of hydrogen-bond acceptors (Lipinski definition) is 4. The molecular weight excluding hydrogens is 214 g/mol.